The van der Waals surface area contributed by atoms with Crippen LogP contribution in [0.2, 0.25) is 0 Å². The van der Waals surface area contributed by atoms with Gasteiger partial charge in [-0.1, -0.05) is 37.1 Å². The highest BCUT2D eigenvalue weighted by Gasteiger charge is 2.63. The first-order valence-electron chi connectivity index (χ1n) is 29.6. The lowest BCUT2D eigenvalue weighted by Crippen LogP contribution is -2.67. The summed E-state index contributed by atoms with van der Waals surface area (Å²) in [6, 6.07) is 0. The molecule has 0 aromatic rings. The fourth-order valence-corrected chi connectivity index (χ4v) is 16.1. The van der Waals surface area contributed by atoms with Crippen molar-refractivity contribution < 1.29 is 131 Å². The van der Waals surface area contributed by atoms with Gasteiger partial charge in [0, 0.05) is 0 Å². The number of allylic oxidation sites excluding steroid dienone is 4. The maximum Gasteiger partial charge on any atom is 0.397 e. The highest BCUT2D eigenvalue weighted by Crippen LogP contribution is 2.67. The third-order valence-corrected chi connectivity index (χ3v) is 20.8. The van der Waals surface area contributed by atoms with Crippen LogP contribution < -0.4 is 0 Å². The average Bonchev–Trinajstić information content (AvgIpc) is 1.36. The Morgan fingerprint density at radius 3 is 1.79 bits per heavy atom. The Balaban J connectivity index is 0.982. The molecule has 28 heteroatoms. The molecule has 0 spiro atoms. The quantitative estimate of drug-likeness (QED) is 0.0557. The van der Waals surface area contributed by atoms with Crippen LogP contribution in [0, 0.1) is 34.5 Å². The van der Waals surface area contributed by atoms with E-state index in [4.69, 9.17) is 51.6 Å². The van der Waals surface area contributed by atoms with Gasteiger partial charge in [0.15, 0.2) is 31.5 Å². The zero-order valence-electron chi connectivity index (χ0n) is 48.7. The molecule has 33 unspecified atom stereocenters. The molecule has 9 aliphatic rings. The minimum absolute atomic E-state index is 0.0334. The van der Waals surface area contributed by atoms with Crippen LogP contribution in [0.3, 0.4) is 0 Å². The zero-order chi connectivity index (χ0) is 61.4. The fourth-order valence-electron chi connectivity index (χ4n) is 15.5. The van der Waals surface area contributed by atoms with Crippen LogP contribution in [0.1, 0.15) is 113 Å². The number of aliphatic hydroxyl groups is 13. The van der Waals surface area contributed by atoms with E-state index in [0.29, 0.717) is 32.1 Å². The van der Waals surface area contributed by atoms with E-state index in [9.17, 15) is 79.4 Å². The van der Waals surface area contributed by atoms with Crippen LogP contribution in [0.25, 0.3) is 0 Å². The molecule has 84 heavy (non-hydrogen) atoms. The highest BCUT2D eigenvalue weighted by atomic mass is 32.3. The Morgan fingerprint density at radius 1 is 0.643 bits per heavy atom. The Kier molecular flexibility index (Phi) is 20.7. The van der Waals surface area contributed by atoms with Gasteiger partial charge in [-0.2, -0.15) is 8.42 Å². The van der Waals surface area contributed by atoms with E-state index in [1.54, 1.807) is 0 Å². The molecule has 5 aliphatic heterocycles. The summed E-state index contributed by atoms with van der Waals surface area (Å²) in [5.41, 5.74) is 0.501. The number of fused-ring (bicyclic) bond motifs is 5. The summed E-state index contributed by atoms with van der Waals surface area (Å²) in [5, 5.41) is 145. The average molecular weight is 1230 g/mol. The van der Waals surface area contributed by atoms with Gasteiger partial charge < -0.3 is 114 Å². The van der Waals surface area contributed by atoms with Crippen LogP contribution >= 0.6 is 0 Å². The van der Waals surface area contributed by atoms with Crippen molar-refractivity contribution in [3.8, 4) is 0 Å². The summed E-state index contributed by atoms with van der Waals surface area (Å²) < 4.78 is 100. The van der Waals surface area contributed by atoms with E-state index in [-0.39, 0.29) is 29.6 Å². The second-order valence-corrected chi connectivity index (χ2v) is 27.2. The van der Waals surface area contributed by atoms with Gasteiger partial charge in [0.2, 0.25) is 0 Å². The molecule has 484 valence electrons. The van der Waals surface area contributed by atoms with Crippen molar-refractivity contribution in [2.45, 2.75) is 278 Å². The molecule has 0 radical (unpaired) electrons. The van der Waals surface area contributed by atoms with E-state index in [1.165, 1.54) is 31.9 Å². The third-order valence-electron chi connectivity index (χ3n) is 20.3. The molecular formula is C56H92O27S. The van der Waals surface area contributed by atoms with Crippen molar-refractivity contribution >= 4 is 10.4 Å². The second kappa shape index (κ2) is 26.0. The highest BCUT2D eigenvalue weighted by molar-refractivity contribution is 7.80. The molecule has 0 bridgehead atoms. The first kappa shape index (κ1) is 66.8. The van der Waals surface area contributed by atoms with Crippen molar-refractivity contribution in [2.24, 2.45) is 34.5 Å². The third kappa shape index (κ3) is 13.2. The lowest BCUT2D eigenvalue weighted by molar-refractivity contribution is -0.398. The van der Waals surface area contributed by atoms with E-state index < -0.39 is 200 Å². The van der Waals surface area contributed by atoms with Gasteiger partial charge in [0.05, 0.1) is 49.3 Å². The number of hydrogen-bond acceptors (Lipinski definition) is 26. The summed E-state index contributed by atoms with van der Waals surface area (Å²) in [7, 11) is -4.86. The standard InChI is InChI=1S/C56H92O27S/c1-22(2)10-9-15-56(8,69)34-12-11-28-27-19-31(30-18-26(83-84(70,71)72)13-16-54(30,6)29(27)14-17-55(28,34)7)77-51-45(68)46(37(60)25(5)76-51)80-52-47(81-49-43(66)40(63)35(58)23(3)74-49)39(62)33(21-73-52)79-53-48(42(65)38(61)32(20-57)78-53)82-50-44(67)41(64)36(59)24(4)75-50/h10,14,23-28,30-53,57-69H,9,11-13,15-21H2,1-8H3,(H,70,71,72). The van der Waals surface area contributed by atoms with E-state index >= 15 is 0 Å². The van der Waals surface area contributed by atoms with Gasteiger partial charge in [-0.3, -0.25) is 4.55 Å². The molecule has 0 aromatic carbocycles. The monoisotopic (exact) mass is 1230 g/mol. The predicted octanol–water partition coefficient (Wildman–Crippen LogP) is -1.94. The first-order valence-corrected chi connectivity index (χ1v) is 31.0. The number of rotatable bonds is 17. The Labute approximate surface area is 489 Å². The van der Waals surface area contributed by atoms with Gasteiger partial charge in [-0.25, -0.2) is 4.18 Å². The van der Waals surface area contributed by atoms with Crippen LogP contribution in [0.5, 0.6) is 0 Å². The fraction of sp³-hybridized carbons (Fsp3) is 0.929. The first-order chi connectivity index (χ1) is 39.3. The Bertz CT molecular complexity index is 2400. The van der Waals surface area contributed by atoms with Crippen molar-refractivity contribution in [1.82, 2.24) is 0 Å². The molecule has 14 N–H and O–H groups in total. The van der Waals surface area contributed by atoms with Crippen LogP contribution in [-0.2, 0) is 62.0 Å². The smallest absolute Gasteiger partial charge is 0.394 e. The molecule has 4 aliphatic carbocycles. The van der Waals surface area contributed by atoms with E-state index in [2.05, 4.69) is 26.0 Å². The summed E-state index contributed by atoms with van der Waals surface area (Å²) in [5.74, 6) is -0.471. The van der Waals surface area contributed by atoms with Crippen LogP contribution in [0.4, 0.5) is 0 Å². The van der Waals surface area contributed by atoms with Gasteiger partial charge in [0.25, 0.3) is 0 Å². The van der Waals surface area contributed by atoms with E-state index in [0.717, 1.165) is 19.3 Å². The number of aliphatic hydroxyl groups excluding tert-OH is 12. The van der Waals surface area contributed by atoms with Gasteiger partial charge in [-0.05, 0) is 134 Å². The zero-order valence-corrected chi connectivity index (χ0v) is 49.5. The maximum absolute atomic E-state index is 12.4. The minimum atomic E-state index is -4.86. The topological polar surface area (TPSA) is 419 Å². The van der Waals surface area contributed by atoms with Gasteiger partial charge in [0.1, 0.15) is 97.7 Å². The molecule has 0 amide bonds. The van der Waals surface area contributed by atoms with Gasteiger partial charge in [-0.15, -0.1) is 0 Å². The number of hydrogen-bond donors (Lipinski definition) is 14. The van der Waals surface area contributed by atoms with E-state index in [1.807, 2.05) is 20.8 Å². The largest absolute Gasteiger partial charge is 0.397 e. The SMILES string of the molecule is CC(C)=CCCC(C)(O)C1CCC2C3CC(OC4OC(C)C(O)C(OC5OCC(OC6OC(CO)C(O)C(O)C6OC6OC(C)C(O)C(O)C6O)C(O)C5OC5OC(C)C(O)C(O)C5O)C4O)C4CC(OS(=O)(=O)O)CCC4(C)C3=CCC21C. The molecule has 0 aromatic heterocycles. The molecule has 3 saturated carbocycles. The summed E-state index contributed by atoms with van der Waals surface area (Å²) in [6.45, 7) is 13.1. The second-order valence-electron chi connectivity index (χ2n) is 26.2. The normalized spacial score (nSPS) is 51.6. The molecule has 27 nitrogen and oxygen atoms in total. The Morgan fingerprint density at radius 2 is 1.20 bits per heavy atom. The van der Waals surface area contributed by atoms with Crippen molar-refractivity contribution in [3.63, 3.8) is 0 Å². The van der Waals surface area contributed by atoms with Crippen LogP contribution in [0.15, 0.2) is 23.3 Å². The maximum atomic E-state index is 12.4. The molecule has 9 rings (SSSR count). The van der Waals surface area contributed by atoms with Crippen molar-refractivity contribution in [1.29, 1.82) is 0 Å². The summed E-state index contributed by atoms with van der Waals surface area (Å²) >= 11 is 0. The Hall–Kier alpha value is -1.57. The molecule has 33 atom stereocenters. The lowest BCUT2D eigenvalue weighted by Gasteiger charge is -2.60. The summed E-state index contributed by atoms with van der Waals surface area (Å²) in [4.78, 5) is 0. The minimum Gasteiger partial charge on any atom is -0.394 e. The molecule has 5 saturated heterocycles. The molecule has 5 heterocycles. The van der Waals surface area contributed by atoms with Crippen molar-refractivity contribution in [2.75, 3.05) is 13.2 Å². The lowest BCUT2D eigenvalue weighted by atomic mass is 9.47. The van der Waals surface area contributed by atoms with Crippen molar-refractivity contribution in [3.05, 3.63) is 23.3 Å². The number of ether oxygens (including phenoxy) is 10. The predicted molar refractivity (Wildman–Crippen MR) is 285 cm³/mol. The van der Waals surface area contributed by atoms with Gasteiger partial charge >= 0.3 is 10.4 Å². The summed E-state index contributed by atoms with van der Waals surface area (Å²) in [6.07, 6.45) is -33.0. The molecular weight excluding hydrogens is 1140 g/mol. The van der Waals surface area contributed by atoms with Crippen LogP contribution in [-0.4, -0.2) is 258 Å². The molecule has 8 fully saturated rings.